The van der Waals surface area contributed by atoms with Gasteiger partial charge in [0.1, 0.15) is 5.75 Å². The summed E-state index contributed by atoms with van der Waals surface area (Å²) in [7, 11) is 1.65. The van der Waals surface area contributed by atoms with Crippen LogP contribution in [0.1, 0.15) is 12.0 Å². The van der Waals surface area contributed by atoms with E-state index in [1.54, 1.807) is 7.11 Å². The number of carboxylic acid groups (broad SMARTS) is 1. The molecule has 0 bridgehead atoms. The SMILES string of the molecule is COc1ccc2cc(CN3CC[C@H](C(=O)O)[C@H](O)C3)ccc2c1. The molecule has 1 saturated heterocycles. The fraction of sp³-hybridized carbons (Fsp3) is 0.389. The van der Waals surface area contributed by atoms with Crippen molar-refractivity contribution in [3.63, 3.8) is 0 Å². The van der Waals surface area contributed by atoms with Gasteiger partial charge >= 0.3 is 5.97 Å². The van der Waals surface area contributed by atoms with Crippen LogP contribution in [0.25, 0.3) is 10.8 Å². The number of benzene rings is 2. The molecule has 0 spiro atoms. The van der Waals surface area contributed by atoms with Gasteiger partial charge in [0.15, 0.2) is 0 Å². The van der Waals surface area contributed by atoms with Crippen molar-refractivity contribution in [1.29, 1.82) is 0 Å². The number of nitrogens with zero attached hydrogens (tertiary/aromatic N) is 1. The van der Waals surface area contributed by atoms with Gasteiger partial charge in [0.05, 0.1) is 19.1 Å². The van der Waals surface area contributed by atoms with Gasteiger partial charge in [0, 0.05) is 13.1 Å². The topological polar surface area (TPSA) is 70.0 Å². The van der Waals surface area contributed by atoms with E-state index in [1.807, 2.05) is 18.2 Å². The highest BCUT2D eigenvalue weighted by molar-refractivity contribution is 5.84. The third-order valence-corrected chi connectivity index (χ3v) is 4.50. The smallest absolute Gasteiger partial charge is 0.309 e. The van der Waals surface area contributed by atoms with Crippen LogP contribution in [0.5, 0.6) is 5.75 Å². The Hall–Kier alpha value is -2.11. The Morgan fingerprint density at radius 3 is 2.70 bits per heavy atom. The quantitative estimate of drug-likeness (QED) is 0.904. The molecule has 0 aromatic heterocycles. The molecule has 2 aromatic rings. The van der Waals surface area contributed by atoms with Crippen molar-refractivity contribution in [1.82, 2.24) is 4.90 Å². The van der Waals surface area contributed by atoms with Crippen molar-refractivity contribution in [2.75, 3.05) is 20.2 Å². The average molecular weight is 315 g/mol. The van der Waals surface area contributed by atoms with Crippen LogP contribution in [0.4, 0.5) is 0 Å². The van der Waals surface area contributed by atoms with Crippen molar-refractivity contribution >= 4 is 16.7 Å². The van der Waals surface area contributed by atoms with E-state index in [9.17, 15) is 9.90 Å². The van der Waals surface area contributed by atoms with Gasteiger partial charge in [0.25, 0.3) is 0 Å². The molecule has 0 unspecified atom stereocenters. The van der Waals surface area contributed by atoms with E-state index in [1.165, 1.54) is 0 Å². The zero-order chi connectivity index (χ0) is 16.4. The lowest BCUT2D eigenvalue weighted by Crippen LogP contribution is -2.46. The number of rotatable bonds is 4. The molecule has 0 saturated carbocycles. The molecular formula is C18H21NO4. The molecule has 1 aliphatic rings. The molecule has 1 heterocycles. The van der Waals surface area contributed by atoms with Gasteiger partial charge in [-0.1, -0.05) is 18.2 Å². The highest BCUT2D eigenvalue weighted by atomic mass is 16.5. The normalized spacial score (nSPS) is 22.2. The predicted molar refractivity (Wildman–Crippen MR) is 87.5 cm³/mol. The minimum absolute atomic E-state index is 0.400. The Balaban J connectivity index is 1.71. The highest BCUT2D eigenvalue weighted by Crippen LogP contribution is 2.24. The lowest BCUT2D eigenvalue weighted by molar-refractivity contribution is -0.148. The van der Waals surface area contributed by atoms with Crippen LogP contribution in [0.15, 0.2) is 36.4 Å². The summed E-state index contributed by atoms with van der Waals surface area (Å²) < 4.78 is 5.23. The molecule has 0 aliphatic carbocycles. The molecule has 122 valence electrons. The average Bonchev–Trinajstić information content (AvgIpc) is 2.54. The predicted octanol–water partition coefficient (Wildman–Crippen LogP) is 2.12. The first-order valence-corrected chi connectivity index (χ1v) is 7.77. The van der Waals surface area contributed by atoms with Crippen molar-refractivity contribution in [3.05, 3.63) is 42.0 Å². The number of likely N-dealkylation sites (tertiary alicyclic amines) is 1. The highest BCUT2D eigenvalue weighted by Gasteiger charge is 2.32. The standard InChI is InChI=1S/C18H21NO4/c1-23-15-5-4-13-8-12(2-3-14(13)9-15)10-19-7-6-16(18(21)22)17(20)11-19/h2-5,8-9,16-17,20H,6-7,10-11H2,1H3,(H,21,22)/t16-,17+/m0/s1. The molecule has 1 aliphatic heterocycles. The van der Waals surface area contributed by atoms with Crippen LogP contribution >= 0.6 is 0 Å². The zero-order valence-electron chi connectivity index (χ0n) is 13.1. The Morgan fingerprint density at radius 2 is 2.00 bits per heavy atom. The number of methoxy groups -OCH3 is 1. The van der Waals surface area contributed by atoms with Crippen molar-refractivity contribution in [2.24, 2.45) is 5.92 Å². The first-order chi connectivity index (χ1) is 11.1. The number of aliphatic carboxylic acids is 1. The monoisotopic (exact) mass is 315 g/mol. The van der Waals surface area contributed by atoms with Gasteiger partial charge in [-0.05, 0) is 47.5 Å². The van der Waals surface area contributed by atoms with Gasteiger partial charge in [-0.3, -0.25) is 9.69 Å². The third kappa shape index (κ3) is 3.46. The number of carbonyl (C=O) groups is 1. The summed E-state index contributed by atoms with van der Waals surface area (Å²) in [6.07, 6.45) is -0.313. The molecule has 23 heavy (non-hydrogen) atoms. The Morgan fingerprint density at radius 1 is 1.26 bits per heavy atom. The summed E-state index contributed by atoms with van der Waals surface area (Å²) in [5, 5.41) is 21.3. The summed E-state index contributed by atoms with van der Waals surface area (Å²) in [6.45, 7) is 1.80. The van der Waals surface area contributed by atoms with E-state index in [2.05, 4.69) is 23.1 Å². The number of carboxylic acids is 1. The van der Waals surface area contributed by atoms with Crippen LogP contribution in [0.2, 0.25) is 0 Å². The number of hydrogen-bond donors (Lipinski definition) is 2. The molecule has 2 aromatic carbocycles. The molecule has 2 atom stereocenters. The van der Waals surface area contributed by atoms with E-state index in [0.717, 1.165) is 22.1 Å². The second kappa shape index (κ2) is 6.56. The number of hydrogen-bond acceptors (Lipinski definition) is 4. The van der Waals surface area contributed by atoms with Crippen LogP contribution in [0, 0.1) is 5.92 Å². The molecule has 3 rings (SSSR count). The fourth-order valence-electron chi connectivity index (χ4n) is 3.19. The number of ether oxygens (including phenoxy) is 1. The van der Waals surface area contributed by atoms with Gasteiger partial charge in [-0.25, -0.2) is 0 Å². The summed E-state index contributed by atoms with van der Waals surface area (Å²) in [4.78, 5) is 13.1. The number of aliphatic hydroxyl groups excluding tert-OH is 1. The second-order valence-corrected chi connectivity index (χ2v) is 6.08. The van der Waals surface area contributed by atoms with E-state index < -0.39 is 18.0 Å². The number of aliphatic hydroxyl groups is 1. The maximum absolute atomic E-state index is 11.0. The van der Waals surface area contributed by atoms with E-state index >= 15 is 0 Å². The van der Waals surface area contributed by atoms with Crippen LogP contribution in [-0.4, -0.2) is 47.4 Å². The molecule has 0 radical (unpaired) electrons. The van der Waals surface area contributed by atoms with E-state index in [4.69, 9.17) is 9.84 Å². The van der Waals surface area contributed by atoms with E-state index in [0.29, 0.717) is 26.1 Å². The summed E-state index contributed by atoms with van der Waals surface area (Å²) >= 11 is 0. The van der Waals surface area contributed by atoms with Gasteiger partial charge < -0.3 is 14.9 Å². The van der Waals surface area contributed by atoms with Crippen LogP contribution in [0.3, 0.4) is 0 Å². The minimum Gasteiger partial charge on any atom is -0.497 e. The van der Waals surface area contributed by atoms with Crippen LogP contribution < -0.4 is 4.74 Å². The summed E-state index contributed by atoms with van der Waals surface area (Å²) in [6, 6.07) is 12.2. The maximum Gasteiger partial charge on any atom is 0.309 e. The first kappa shape index (κ1) is 15.8. The summed E-state index contributed by atoms with van der Waals surface area (Å²) in [5.74, 6) is -0.712. The second-order valence-electron chi connectivity index (χ2n) is 6.08. The van der Waals surface area contributed by atoms with Gasteiger partial charge in [-0.2, -0.15) is 0 Å². The molecule has 2 N–H and O–H groups in total. The maximum atomic E-state index is 11.0. The Kier molecular flexibility index (Phi) is 4.50. The van der Waals surface area contributed by atoms with Crippen molar-refractivity contribution < 1.29 is 19.7 Å². The Bertz CT molecular complexity index is 715. The van der Waals surface area contributed by atoms with Gasteiger partial charge in [0.2, 0.25) is 0 Å². The molecule has 5 heteroatoms. The lowest BCUT2D eigenvalue weighted by Gasteiger charge is -2.33. The Labute approximate surface area is 135 Å². The van der Waals surface area contributed by atoms with Crippen LogP contribution in [-0.2, 0) is 11.3 Å². The number of β-amino-alcohol motifs (C(OH)–C–C–N with tert-alkyl or cyclic N) is 1. The number of piperidine rings is 1. The lowest BCUT2D eigenvalue weighted by atomic mass is 9.93. The fourth-order valence-corrected chi connectivity index (χ4v) is 3.19. The third-order valence-electron chi connectivity index (χ3n) is 4.50. The molecule has 1 fully saturated rings. The molecule has 5 nitrogen and oxygen atoms in total. The van der Waals surface area contributed by atoms with Gasteiger partial charge in [-0.15, -0.1) is 0 Å². The minimum atomic E-state index is -0.906. The number of fused-ring (bicyclic) bond motifs is 1. The largest absolute Gasteiger partial charge is 0.497 e. The van der Waals surface area contributed by atoms with Crippen molar-refractivity contribution in [3.8, 4) is 5.75 Å². The zero-order valence-corrected chi connectivity index (χ0v) is 13.1. The van der Waals surface area contributed by atoms with E-state index in [-0.39, 0.29) is 0 Å². The molecule has 0 amide bonds. The summed E-state index contributed by atoms with van der Waals surface area (Å²) in [5.41, 5.74) is 1.16. The first-order valence-electron chi connectivity index (χ1n) is 7.77. The van der Waals surface area contributed by atoms with Crippen molar-refractivity contribution in [2.45, 2.75) is 19.1 Å². The molecular weight excluding hydrogens is 294 g/mol.